The predicted octanol–water partition coefficient (Wildman–Crippen LogP) is 1.25. The monoisotopic (exact) mass is 302 g/mol. The Hall–Kier alpha value is -2.44. The van der Waals surface area contributed by atoms with Crippen LogP contribution in [-0.2, 0) is 9.53 Å². The summed E-state index contributed by atoms with van der Waals surface area (Å²) < 4.78 is 6.62. The van der Waals surface area contributed by atoms with Crippen LogP contribution in [-0.4, -0.2) is 39.1 Å². The van der Waals surface area contributed by atoms with Crippen LogP contribution in [0.5, 0.6) is 0 Å². The third kappa shape index (κ3) is 2.93. The zero-order chi connectivity index (χ0) is 15.5. The van der Waals surface area contributed by atoms with Gasteiger partial charge in [-0.25, -0.2) is 14.3 Å². The molecule has 1 amide bonds. The maximum Gasteiger partial charge on any atom is 0.344 e. The molecule has 7 nitrogen and oxygen atoms in total. The van der Waals surface area contributed by atoms with Crippen molar-refractivity contribution in [1.82, 2.24) is 19.9 Å². The van der Waals surface area contributed by atoms with Crippen molar-refractivity contribution < 1.29 is 14.3 Å². The van der Waals surface area contributed by atoms with Crippen molar-refractivity contribution in [3.63, 3.8) is 0 Å². The van der Waals surface area contributed by atoms with Gasteiger partial charge in [-0.1, -0.05) is 12.8 Å². The summed E-state index contributed by atoms with van der Waals surface area (Å²) >= 11 is 0. The van der Waals surface area contributed by atoms with Crippen LogP contribution in [0.1, 0.15) is 41.7 Å². The molecule has 0 unspecified atom stereocenters. The van der Waals surface area contributed by atoms with E-state index in [-0.39, 0.29) is 18.6 Å². The highest BCUT2D eigenvalue weighted by Crippen LogP contribution is 2.17. The normalized spacial score (nSPS) is 15.1. The average Bonchev–Trinajstić information content (AvgIpc) is 3.11. The predicted molar refractivity (Wildman–Crippen MR) is 78.4 cm³/mol. The number of ether oxygens (including phenoxy) is 1. The molecule has 0 radical (unpaired) electrons. The van der Waals surface area contributed by atoms with Gasteiger partial charge >= 0.3 is 5.97 Å². The Balaban J connectivity index is 1.63. The number of aromatic nitrogens is 3. The minimum atomic E-state index is -0.576. The molecule has 7 heteroatoms. The second-order valence-corrected chi connectivity index (χ2v) is 5.47. The zero-order valence-electron chi connectivity index (χ0n) is 12.4. The number of aryl methyl sites for hydroxylation is 1. The van der Waals surface area contributed by atoms with E-state index in [1.807, 2.05) is 0 Å². The number of hydrogen-bond acceptors (Lipinski definition) is 5. The molecule has 0 bridgehead atoms. The quantitative estimate of drug-likeness (QED) is 0.859. The molecular formula is C15H18N4O3. The fourth-order valence-corrected chi connectivity index (χ4v) is 2.78. The largest absolute Gasteiger partial charge is 0.452 e. The third-order valence-corrected chi connectivity index (χ3v) is 3.83. The van der Waals surface area contributed by atoms with Crippen molar-refractivity contribution in [2.45, 2.75) is 38.6 Å². The van der Waals surface area contributed by atoms with Gasteiger partial charge in [0.1, 0.15) is 5.56 Å². The number of nitrogens with one attached hydrogen (secondary N) is 1. The number of carbonyl (C=O) groups excluding carboxylic acids is 2. The lowest BCUT2D eigenvalue weighted by atomic mass is 10.2. The van der Waals surface area contributed by atoms with E-state index in [9.17, 15) is 9.59 Å². The van der Waals surface area contributed by atoms with Crippen molar-refractivity contribution in [2.75, 3.05) is 6.61 Å². The maximum absolute atomic E-state index is 12.2. The Kier molecular flexibility index (Phi) is 4.04. The van der Waals surface area contributed by atoms with Gasteiger partial charge < -0.3 is 10.1 Å². The van der Waals surface area contributed by atoms with E-state index in [2.05, 4.69) is 15.4 Å². The van der Waals surface area contributed by atoms with Gasteiger partial charge in [-0.2, -0.15) is 5.10 Å². The van der Waals surface area contributed by atoms with Crippen LogP contribution >= 0.6 is 0 Å². The topological polar surface area (TPSA) is 85.6 Å². The Bertz CT molecular complexity index is 704. The number of hydrogen-bond donors (Lipinski definition) is 1. The Morgan fingerprint density at radius 1 is 1.41 bits per heavy atom. The van der Waals surface area contributed by atoms with Gasteiger partial charge in [-0.15, -0.1) is 0 Å². The van der Waals surface area contributed by atoms with Crippen molar-refractivity contribution in [2.24, 2.45) is 0 Å². The van der Waals surface area contributed by atoms with Crippen LogP contribution in [0.2, 0.25) is 0 Å². The van der Waals surface area contributed by atoms with Crippen LogP contribution in [0, 0.1) is 6.92 Å². The summed E-state index contributed by atoms with van der Waals surface area (Å²) in [4.78, 5) is 28.1. The molecule has 1 aliphatic carbocycles. The van der Waals surface area contributed by atoms with E-state index in [0.717, 1.165) is 25.7 Å². The number of carbonyl (C=O) groups is 2. The van der Waals surface area contributed by atoms with Gasteiger partial charge in [0.25, 0.3) is 5.91 Å². The maximum atomic E-state index is 12.2. The average molecular weight is 302 g/mol. The van der Waals surface area contributed by atoms with Gasteiger partial charge in [0.2, 0.25) is 0 Å². The molecule has 22 heavy (non-hydrogen) atoms. The first-order valence-electron chi connectivity index (χ1n) is 7.41. The van der Waals surface area contributed by atoms with Crippen LogP contribution in [0.15, 0.2) is 18.5 Å². The highest BCUT2D eigenvalue weighted by atomic mass is 16.5. The molecule has 1 saturated carbocycles. The minimum Gasteiger partial charge on any atom is -0.452 e. The van der Waals surface area contributed by atoms with E-state index in [1.165, 1.54) is 4.52 Å². The lowest BCUT2D eigenvalue weighted by Gasteiger charge is -2.11. The highest BCUT2D eigenvalue weighted by molar-refractivity contribution is 5.98. The molecule has 1 fully saturated rings. The molecule has 2 aromatic heterocycles. The first-order valence-corrected chi connectivity index (χ1v) is 7.41. The van der Waals surface area contributed by atoms with Crippen LogP contribution in [0.3, 0.4) is 0 Å². The molecule has 0 spiro atoms. The number of amides is 1. The van der Waals surface area contributed by atoms with E-state index in [1.54, 1.807) is 25.4 Å². The van der Waals surface area contributed by atoms with Gasteiger partial charge in [0, 0.05) is 18.4 Å². The van der Waals surface area contributed by atoms with Crippen LogP contribution < -0.4 is 5.32 Å². The molecule has 2 aromatic rings. The molecule has 1 N–H and O–H groups in total. The fraction of sp³-hybridized carbons (Fsp3) is 0.467. The number of rotatable bonds is 4. The molecule has 0 saturated heterocycles. The van der Waals surface area contributed by atoms with Crippen LogP contribution in [0.4, 0.5) is 0 Å². The second-order valence-electron chi connectivity index (χ2n) is 5.47. The van der Waals surface area contributed by atoms with Gasteiger partial charge in [-0.3, -0.25) is 4.79 Å². The van der Waals surface area contributed by atoms with Gasteiger partial charge in [0.15, 0.2) is 12.3 Å². The molecule has 2 heterocycles. The number of nitrogens with zero attached hydrogens (tertiary/aromatic N) is 3. The molecule has 1 aliphatic rings. The summed E-state index contributed by atoms with van der Waals surface area (Å²) in [6.07, 6.45) is 7.56. The molecule has 3 rings (SSSR count). The standard InChI is InChI=1S/C15H18N4O3/c1-10-13(14-16-7-4-8-19(14)18-10)15(21)22-9-12(20)17-11-5-2-3-6-11/h4,7-8,11H,2-3,5-6,9H2,1H3,(H,17,20). The van der Waals surface area contributed by atoms with Crippen LogP contribution in [0.25, 0.3) is 5.65 Å². The summed E-state index contributed by atoms with van der Waals surface area (Å²) in [5.41, 5.74) is 1.26. The summed E-state index contributed by atoms with van der Waals surface area (Å²) in [5, 5.41) is 7.08. The van der Waals surface area contributed by atoms with Crippen molar-refractivity contribution >= 4 is 17.5 Å². The zero-order valence-corrected chi connectivity index (χ0v) is 12.4. The lowest BCUT2D eigenvalue weighted by Crippen LogP contribution is -2.35. The molecule has 116 valence electrons. The fourth-order valence-electron chi connectivity index (χ4n) is 2.78. The molecular weight excluding hydrogens is 284 g/mol. The van der Waals surface area contributed by atoms with E-state index in [4.69, 9.17) is 4.74 Å². The van der Waals surface area contributed by atoms with Gasteiger partial charge in [-0.05, 0) is 25.8 Å². The summed E-state index contributed by atoms with van der Waals surface area (Å²) in [5.74, 6) is -0.838. The Morgan fingerprint density at radius 2 is 2.18 bits per heavy atom. The van der Waals surface area contributed by atoms with E-state index in [0.29, 0.717) is 16.9 Å². The summed E-state index contributed by atoms with van der Waals surface area (Å²) in [7, 11) is 0. The molecule has 0 atom stereocenters. The first kappa shape index (κ1) is 14.5. The Morgan fingerprint density at radius 3 is 2.95 bits per heavy atom. The molecule has 0 aromatic carbocycles. The first-order chi connectivity index (χ1) is 10.6. The van der Waals surface area contributed by atoms with Gasteiger partial charge in [0.05, 0.1) is 5.69 Å². The second kappa shape index (κ2) is 6.13. The summed E-state index contributed by atoms with van der Waals surface area (Å²) in [6.45, 7) is 1.43. The minimum absolute atomic E-state index is 0.214. The van der Waals surface area contributed by atoms with Crippen molar-refractivity contribution in [3.05, 3.63) is 29.7 Å². The summed E-state index contributed by atoms with van der Waals surface area (Å²) in [6, 6.07) is 1.94. The van der Waals surface area contributed by atoms with Crippen molar-refractivity contribution in [1.29, 1.82) is 0 Å². The highest BCUT2D eigenvalue weighted by Gasteiger charge is 2.22. The lowest BCUT2D eigenvalue weighted by molar-refractivity contribution is -0.124. The van der Waals surface area contributed by atoms with E-state index >= 15 is 0 Å². The smallest absolute Gasteiger partial charge is 0.344 e. The number of fused-ring (bicyclic) bond motifs is 1. The Labute approximate surface area is 127 Å². The number of esters is 1. The third-order valence-electron chi connectivity index (χ3n) is 3.83. The SMILES string of the molecule is Cc1nn2cccnc2c1C(=O)OCC(=O)NC1CCCC1. The van der Waals surface area contributed by atoms with Crippen molar-refractivity contribution in [3.8, 4) is 0 Å². The van der Waals surface area contributed by atoms with E-state index < -0.39 is 5.97 Å². The molecule has 0 aliphatic heterocycles.